The minimum atomic E-state index is -0.768. The Bertz CT molecular complexity index is 1170. The maximum Gasteiger partial charge on any atom is 0.276 e. The minimum absolute atomic E-state index is 0.0284. The van der Waals surface area contributed by atoms with Gasteiger partial charge >= 0.3 is 0 Å². The Morgan fingerprint density at radius 1 is 1.21 bits per heavy atom. The van der Waals surface area contributed by atoms with Crippen LogP contribution in [0.25, 0.3) is 11.4 Å². The number of aromatic nitrogens is 2. The first-order chi connectivity index (χ1) is 15.9. The van der Waals surface area contributed by atoms with Crippen LogP contribution in [0.5, 0.6) is 5.75 Å². The maximum atomic E-state index is 14.1. The Morgan fingerprint density at radius 2 is 1.91 bits per heavy atom. The standard InChI is InChI=1S/C22H22FN5O5/c1-14-18(23)11-16(12-19(14)28(30)31)22(29)27-9-7-26(8-10-27)13-20-24-21(25-33-20)15-3-5-17(32-2)6-4-15/h3-6,11-12H,7-10,13H2,1-2H3. The van der Waals surface area contributed by atoms with Gasteiger partial charge in [0.2, 0.25) is 11.7 Å². The summed E-state index contributed by atoms with van der Waals surface area (Å²) in [5.74, 6) is 0.464. The van der Waals surface area contributed by atoms with E-state index < -0.39 is 22.3 Å². The number of carbonyl (C=O) groups is 1. The molecule has 0 radical (unpaired) electrons. The molecule has 11 heteroatoms. The second-order valence-electron chi connectivity index (χ2n) is 7.67. The van der Waals surface area contributed by atoms with Crippen LogP contribution in [0.15, 0.2) is 40.9 Å². The molecule has 33 heavy (non-hydrogen) atoms. The Hall–Kier alpha value is -3.86. The van der Waals surface area contributed by atoms with E-state index in [1.54, 1.807) is 12.0 Å². The number of nitrogens with zero attached hydrogens (tertiary/aromatic N) is 5. The van der Waals surface area contributed by atoms with Crippen LogP contribution in [0.2, 0.25) is 0 Å². The summed E-state index contributed by atoms with van der Waals surface area (Å²) in [6.45, 7) is 3.61. The van der Waals surface area contributed by atoms with Gasteiger partial charge in [-0.1, -0.05) is 5.16 Å². The van der Waals surface area contributed by atoms with Crippen LogP contribution in [0.4, 0.5) is 10.1 Å². The molecule has 1 saturated heterocycles. The summed E-state index contributed by atoms with van der Waals surface area (Å²) in [7, 11) is 1.59. The number of ether oxygens (including phenoxy) is 1. The number of rotatable bonds is 6. The lowest BCUT2D eigenvalue weighted by Crippen LogP contribution is -2.48. The van der Waals surface area contributed by atoms with E-state index in [2.05, 4.69) is 15.0 Å². The van der Waals surface area contributed by atoms with E-state index in [0.717, 1.165) is 23.4 Å². The van der Waals surface area contributed by atoms with Crippen LogP contribution in [0.1, 0.15) is 21.8 Å². The molecule has 10 nitrogen and oxygen atoms in total. The van der Waals surface area contributed by atoms with Crippen molar-refractivity contribution in [2.45, 2.75) is 13.5 Å². The Balaban J connectivity index is 1.36. The van der Waals surface area contributed by atoms with Crippen LogP contribution in [-0.2, 0) is 6.54 Å². The Kier molecular flexibility index (Phi) is 6.31. The highest BCUT2D eigenvalue weighted by Gasteiger charge is 2.26. The maximum absolute atomic E-state index is 14.1. The molecule has 0 unspecified atom stereocenters. The highest BCUT2D eigenvalue weighted by molar-refractivity contribution is 5.95. The van der Waals surface area contributed by atoms with Crippen molar-refractivity contribution in [1.82, 2.24) is 19.9 Å². The summed E-state index contributed by atoms with van der Waals surface area (Å²) < 4.78 is 24.6. The molecule has 0 aliphatic carbocycles. The first kappa shape index (κ1) is 22.3. The molecule has 0 atom stereocenters. The quantitative estimate of drug-likeness (QED) is 0.411. The van der Waals surface area contributed by atoms with E-state index in [-0.39, 0.29) is 11.1 Å². The molecule has 1 aliphatic heterocycles. The van der Waals surface area contributed by atoms with Gasteiger partial charge in [0.05, 0.1) is 24.1 Å². The largest absolute Gasteiger partial charge is 0.497 e. The summed E-state index contributed by atoms with van der Waals surface area (Å²) in [5, 5.41) is 15.2. The zero-order valence-electron chi connectivity index (χ0n) is 18.2. The number of nitro groups is 1. The van der Waals surface area contributed by atoms with Crippen molar-refractivity contribution in [3.05, 3.63) is 69.3 Å². The van der Waals surface area contributed by atoms with Gasteiger partial charge < -0.3 is 14.2 Å². The number of benzene rings is 2. The summed E-state index contributed by atoms with van der Waals surface area (Å²) in [6.07, 6.45) is 0. The number of hydrogen-bond donors (Lipinski definition) is 0. The molecule has 4 rings (SSSR count). The molecule has 1 aromatic heterocycles. The van der Waals surface area contributed by atoms with Crippen LogP contribution >= 0.6 is 0 Å². The summed E-state index contributed by atoms with van der Waals surface area (Å²) in [6, 6.07) is 9.50. The number of nitro benzene ring substituents is 1. The van der Waals surface area contributed by atoms with E-state index in [4.69, 9.17) is 9.26 Å². The lowest BCUT2D eigenvalue weighted by atomic mass is 10.1. The Labute approximate surface area is 188 Å². The van der Waals surface area contributed by atoms with Crippen molar-refractivity contribution in [1.29, 1.82) is 0 Å². The summed E-state index contributed by atoms with van der Waals surface area (Å²) >= 11 is 0. The zero-order valence-corrected chi connectivity index (χ0v) is 18.2. The number of halogens is 1. The van der Waals surface area contributed by atoms with Crippen molar-refractivity contribution in [2.24, 2.45) is 0 Å². The number of hydrogen-bond acceptors (Lipinski definition) is 8. The van der Waals surface area contributed by atoms with E-state index in [1.165, 1.54) is 6.92 Å². The van der Waals surface area contributed by atoms with Gasteiger partial charge in [-0.15, -0.1) is 0 Å². The average Bonchev–Trinajstić information content (AvgIpc) is 3.29. The fourth-order valence-electron chi connectivity index (χ4n) is 3.64. The molecule has 172 valence electrons. The molecule has 2 aromatic carbocycles. The van der Waals surface area contributed by atoms with Gasteiger partial charge in [-0.25, -0.2) is 4.39 Å². The average molecular weight is 455 g/mol. The van der Waals surface area contributed by atoms with E-state index >= 15 is 0 Å². The molecule has 0 N–H and O–H groups in total. The van der Waals surface area contributed by atoms with Crippen molar-refractivity contribution < 1.29 is 23.4 Å². The predicted molar refractivity (Wildman–Crippen MR) is 115 cm³/mol. The van der Waals surface area contributed by atoms with Crippen LogP contribution in [-0.4, -0.2) is 64.1 Å². The van der Waals surface area contributed by atoms with Gasteiger partial charge in [0.15, 0.2) is 0 Å². The van der Waals surface area contributed by atoms with Crippen molar-refractivity contribution in [3.8, 4) is 17.1 Å². The molecule has 0 bridgehead atoms. The van der Waals surface area contributed by atoms with Crippen molar-refractivity contribution in [2.75, 3.05) is 33.3 Å². The lowest BCUT2D eigenvalue weighted by Gasteiger charge is -2.34. The molecule has 1 aliphatic rings. The van der Waals surface area contributed by atoms with E-state index in [9.17, 15) is 19.3 Å². The molecule has 1 amide bonds. The van der Waals surface area contributed by atoms with Crippen LogP contribution in [0, 0.1) is 22.9 Å². The molecule has 3 aromatic rings. The van der Waals surface area contributed by atoms with Crippen molar-refractivity contribution >= 4 is 11.6 Å². The topological polar surface area (TPSA) is 115 Å². The molecule has 0 spiro atoms. The lowest BCUT2D eigenvalue weighted by molar-refractivity contribution is -0.385. The van der Waals surface area contributed by atoms with Gasteiger partial charge in [0.1, 0.15) is 11.6 Å². The van der Waals surface area contributed by atoms with Crippen LogP contribution in [0.3, 0.4) is 0 Å². The van der Waals surface area contributed by atoms with Crippen LogP contribution < -0.4 is 4.74 Å². The van der Waals surface area contributed by atoms with Gasteiger partial charge in [-0.05, 0) is 37.3 Å². The van der Waals surface area contributed by atoms with E-state index in [0.29, 0.717) is 44.4 Å². The number of amides is 1. The number of carbonyl (C=O) groups excluding carboxylic acids is 1. The SMILES string of the molecule is COc1ccc(-c2noc(CN3CCN(C(=O)c4cc(F)c(C)c([N+](=O)[O-])c4)CC3)n2)cc1. The zero-order chi connectivity index (χ0) is 23.5. The van der Waals surface area contributed by atoms with E-state index in [1.807, 2.05) is 24.3 Å². The van der Waals surface area contributed by atoms with Gasteiger partial charge in [0.25, 0.3) is 11.6 Å². The summed E-state index contributed by atoms with van der Waals surface area (Å²) in [5.41, 5.74) is 0.288. The third-order valence-corrected chi connectivity index (χ3v) is 5.60. The smallest absolute Gasteiger partial charge is 0.276 e. The fraction of sp³-hybridized carbons (Fsp3) is 0.318. The molecule has 0 saturated carbocycles. The second kappa shape index (κ2) is 9.33. The van der Waals surface area contributed by atoms with Gasteiger partial charge in [-0.2, -0.15) is 4.98 Å². The minimum Gasteiger partial charge on any atom is -0.497 e. The third-order valence-electron chi connectivity index (χ3n) is 5.60. The Morgan fingerprint density at radius 3 is 2.55 bits per heavy atom. The predicted octanol–water partition coefficient (Wildman–Crippen LogP) is 3.06. The number of piperazine rings is 1. The molecule has 1 fully saturated rings. The first-order valence-corrected chi connectivity index (χ1v) is 10.3. The number of methoxy groups -OCH3 is 1. The summed E-state index contributed by atoms with van der Waals surface area (Å²) in [4.78, 5) is 31.3. The highest BCUT2D eigenvalue weighted by Crippen LogP contribution is 2.24. The van der Waals surface area contributed by atoms with Gasteiger partial charge in [0, 0.05) is 43.4 Å². The molecular weight excluding hydrogens is 433 g/mol. The van der Waals surface area contributed by atoms with Crippen molar-refractivity contribution in [3.63, 3.8) is 0 Å². The van der Waals surface area contributed by atoms with Gasteiger partial charge in [-0.3, -0.25) is 19.8 Å². The third kappa shape index (κ3) is 4.82. The highest BCUT2D eigenvalue weighted by atomic mass is 19.1. The molecule has 2 heterocycles. The fourth-order valence-corrected chi connectivity index (χ4v) is 3.64. The second-order valence-corrected chi connectivity index (χ2v) is 7.67. The first-order valence-electron chi connectivity index (χ1n) is 10.3. The monoisotopic (exact) mass is 455 g/mol. The molecular formula is C22H22FN5O5. The normalized spacial score (nSPS) is 14.3.